The van der Waals surface area contributed by atoms with Gasteiger partial charge in [0.2, 0.25) is 0 Å². The Kier molecular flexibility index (Phi) is 5.41. The van der Waals surface area contributed by atoms with Gasteiger partial charge in [0.05, 0.1) is 13.2 Å². The average Bonchev–Trinajstić information content (AvgIpc) is 2.13. The summed E-state index contributed by atoms with van der Waals surface area (Å²) >= 11 is 0. The van der Waals surface area contributed by atoms with Gasteiger partial charge in [-0.3, -0.25) is 0 Å². The van der Waals surface area contributed by atoms with E-state index in [1.807, 2.05) is 0 Å². The highest BCUT2D eigenvalue weighted by Gasteiger charge is 2.34. The summed E-state index contributed by atoms with van der Waals surface area (Å²) in [6, 6.07) is 0. The van der Waals surface area contributed by atoms with Crippen LogP contribution >= 0.6 is 0 Å². The van der Waals surface area contributed by atoms with Gasteiger partial charge < -0.3 is 20.4 Å². The van der Waals surface area contributed by atoms with E-state index in [1.54, 1.807) is 6.92 Å². The molecule has 0 aliphatic heterocycles. The van der Waals surface area contributed by atoms with Crippen LogP contribution in [0.3, 0.4) is 0 Å². The molecule has 4 heteroatoms. The minimum absolute atomic E-state index is 0.0918. The molecular formula is C8H18O4. The Labute approximate surface area is 72.5 Å². The van der Waals surface area contributed by atoms with Crippen molar-refractivity contribution in [2.45, 2.75) is 13.3 Å². The van der Waals surface area contributed by atoms with Gasteiger partial charge in [0.25, 0.3) is 0 Å². The summed E-state index contributed by atoms with van der Waals surface area (Å²) in [7, 11) is 0. The van der Waals surface area contributed by atoms with Gasteiger partial charge in [-0.1, -0.05) is 6.92 Å². The Morgan fingerprint density at radius 1 is 1.08 bits per heavy atom. The molecule has 1 unspecified atom stereocenters. The van der Waals surface area contributed by atoms with E-state index in [1.165, 1.54) is 0 Å². The van der Waals surface area contributed by atoms with Crippen molar-refractivity contribution in [2.75, 3.05) is 26.4 Å². The van der Waals surface area contributed by atoms with Crippen molar-refractivity contribution in [1.29, 1.82) is 0 Å². The maximum absolute atomic E-state index is 9.03. The molecule has 0 saturated heterocycles. The van der Waals surface area contributed by atoms with Gasteiger partial charge in [0.15, 0.2) is 0 Å². The second kappa shape index (κ2) is 5.48. The lowest BCUT2D eigenvalue weighted by Crippen LogP contribution is -2.39. The van der Waals surface area contributed by atoms with Crippen LogP contribution in [0.1, 0.15) is 13.3 Å². The molecule has 0 amide bonds. The molecule has 0 aromatic rings. The number of aliphatic hydroxyl groups excluding tert-OH is 4. The Morgan fingerprint density at radius 2 is 1.58 bits per heavy atom. The first-order valence-electron chi connectivity index (χ1n) is 4.10. The second-order valence-corrected chi connectivity index (χ2v) is 3.24. The number of rotatable bonds is 6. The third kappa shape index (κ3) is 2.42. The predicted molar refractivity (Wildman–Crippen MR) is 44.6 cm³/mol. The largest absolute Gasteiger partial charge is 0.396 e. The zero-order valence-corrected chi connectivity index (χ0v) is 7.40. The Balaban J connectivity index is 4.33. The molecule has 0 aliphatic carbocycles. The molecule has 0 aromatic carbocycles. The third-order valence-corrected chi connectivity index (χ3v) is 2.56. The molecule has 0 radical (unpaired) electrons. The summed E-state index contributed by atoms with van der Waals surface area (Å²) in [5.74, 6) is -0.209. The van der Waals surface area contributed by atoms with E-state index in [-0.39, 0.29) is 32.3 Å². The first-order valence-corrected chi connectivity index (χ1v) is 4.10. The molecule has 4 nitrogen and oxygen atoms in total. The van der Waals surface area contributed by atoms with Crippen molar-refractivity contribution in [3.63, 3.8) is 0 Å². The van der Waals surface area contributed by atoms with Crippen molar-refractivity contribution < 1.29 is 20.4 Å². The van der Waals surface area contributed by atoms with Crippen LogP contribution < -0.4 is 0 Å². The molecule has 12 heavy (non-hydrogen) atoms. The molecule has 74 valence electrons. The summed E-state index contributed by atoms with van der Waals surface area (Å²) in [6.45, 7) is 1.12. The van der Waals surface area contributed by atoms with Crippen LogP contribution in [-0.2, 0) is 0 Å². The van der Waals surface area contributed by atoms with Crippen molar-refractivity contribution in [3.05, 3.63) is 0 Å². The van der Waals surface area contributed by atoms with Crippen LogP contribution in [-0.4, -0.2) is 46.9 Å². The molecular weight excluding hydrogens is 160 g/mol. The maximum Gasteiger partial charge on any atom is 0.0513 e. The van der Waals surface area contributed by atoms with Crippen LogP contribution in [0, 0.1) is 11.3 Å². The molecule has 0 aromatic heterocycles. The van der Waals surface area contributed by atoms with Crippen molar-refractivity contribution in [1.82, 2.24) is 0 Å². The molecule has 0 fully saturated rings. The third-order valence-electron chi connectivity index (χ3n) is 2.56. The average molecular weight is 178 g/mol. The monoisotopic (exact) mass is 178 g/mol. The minimum Gasteiger partial charge on any atom is -0.396 e. The quantitative estimate of drug-likeness (QED) is 0.419. The topological polar surface area (TPSA) is 80.9 Å². The first kappa shape index (κ1) is 11.8. The highest BCUT2D eigenvalue weighted by Crippen LogP contribution is 2.30. The van der Waals surface area contributed by atoms with Crippen molar-refractivity contribution in [2.24, 2.45) is 11.3 Å². The summed E-state index contributed by atoms with van der Waals surface area (Å²) in [5, 5.41) is 35.6. The van der Waals surface area contributed by atoms with Crippen molar-refractivity contribution in [3.8, 4) is 0 Å². The molecule has 1 atom stereocenters. The lowest BCUT2D eigenvalue weighted by Gasteiger charge is -2.34. The Morgan fingerprint density at radius 3 is 1.83 bits per heavy atom. The fourth-order valence-corrected chi connectivity index (χ4v) is 1.18. The standard InChI is InChI=1S/C8H18O4/c1-7(4-10)8(5-11,6-12)2-3-9/h7,9-12H,2-6H2,1H3. The Hall–Kier alpha value is -0.160. The summed E-state index contributed by atoms with van der Waals surface area (Å²) < 4.78 is 0. The SMILES string of the molecule is CC(CO)C(CO)(CO)CCO. The number of hydrogen-bond donors (Lipinski definition) is 4. The van der Waals surface area contributed by atoms with E-state index >= 15 is 0 Å². The van der Waals surface area contributed by atoms with Gasteiger partial charge in [-0.2, -0.15) is 0 Å². The fraction of sp³-hybridized carbons (Fsp3) is 1.00. The van der Waals surface area contributed by atoms with Gasteiger partial charge >= 0.3 is 0 Å². The predicted octanol–water partition coefficient (Wildman–Crippen LogP) is -1.03. The first-order chi connectivity index (χ1) is 5.66. The van der Waals surface area contributed by atoms with Gasteiger partial charge in [0.1, 0.15) is 0 Å². The van der Waals surface area contributed by atoms with Crippen LogP contribution in [0.15, 0.2) is 0 Å². The van der Waals surface area contributed by atoms with E-state index in [9.17, 15) is 0 Å². The normalized spacial score (nSPS) is 14.8. The molecule has 0 aliphatic rings. The number of hydrogen-bond acceptors (Lipinski definition) is 4. The van der Waals surface area contributed by atoms with E-state index in [4.69, 9.17) is 20.4 Å². The van der Waals surface area contributed by atoms with Crippen LogP contribution in [0.2, 0.25) is 0 Å². The number of aliphatic hydroxyl groups is 4. The summed E-state index contributed by atoms with van der Waals surface area (Å²) in [6.07, 6.45) is 0.307. The smallest absolute Gasteiger partial charge is 0.0513 e. The minimum atomic E-state index is -0.747. The molecule has 0 rings (SSSR count). The van der Waals surface area contributed by atoms with E-state index in [2.05, 4.69) is 0 Å². The highest BCUT2D eigenvalue weighted by atomic mass is 16.3. The van der Waals surface area contributed by atoms with Crippen LogP contribution in [0.25, 0.3) is 0 Å². The van der Waals surface area contributed by atoms with Gasteiger partial charge in [-0.05, 0) is 12.3 Å². The van der Waals surface area contributed by atoms with Crippen molar-refractivity contribution >= 4 is 0 Å². The Bertz CT molecular complexity index is 112. The molecule has 0 spiro atoms. The second-order valence-electron chi connectivity index (χ2n) is 3.24. The zero-order valence-electron chi connectivity index (χ0n) is 7.40. The lowest BCUT2D eigenvalue weighted by molar-refractivity contribution is -0.0270. The summed E-state index contributed by atoms with van der Waals surface area (Å²) in [5.41, 5.74) is -0.747. The molecule has 4 N–H and O–H groups in total. The van der Waals surface area contributed by atoms with Gasteiger partial charge in [0, 0.05) is 18.6 Å². The van der Waals surface area contributed by atoms with Crippen LogP contribution in [0.4, 0.5) is 0 Å². The lowest BCUT2D eigenvalue weighted by atomic mass is 9.75. The van der Waals surface area contributed by atoms with Gasteiger partial charge in [-0.15, -0.1) is 0 Å². The molecule has 0 saturated carbocycles. The maximum atomic E-state index is 9.03. The zero-order chi connectivity index (χ0) is 9.61. The molecule has 0 bridgehead atoms. The van der Waals surface area contributed by atoms with E-state index in [0.29, 0.717) is 6.42 Å². The molecule has 0 heterocycles. The summed E-state index contributed by atoms with van der Waals surface area (Å²) in [4.78, 5) is 0. The van der Waals surface area contributed by atoms with E-state index in [0.717, 1.165) is 0 Å². The fourth-order valence-electron chi connectivity index (χ4n) is 1.18. The van der Waals surface area contributed by atoms with Crippen LogP contribution in [0.5, 0.6) is 0 Å². The van der Waals surface area contributed by atoms with E-state index < -0.39 is 5.41 Å². The highest BCUT2D eigenvalue weighted by molar-refractivity contribution is 4.82. The van der Waals surface area contributed by atoms with Gasteiger partial charge in [-0.25, -0.2) is 0 Å².